The van der Waals surface area contributed by atoms with Crippen LogP contribution in [0.25, 0.3) is 55.6 Å². The van der Waals surface area contributed by atoms with Gasteiger partial charge < -0.3 is 15.4 Å². The Balaban J connectivity index is 1.22. The molecule has 0 amide bonds. The Morgan fingerprint density at radius 2 is 1.69 bits per heavy atom. The van der Waals surface area contributed by atoms with Crippen LogP contribution in [0.2, 0.25) is 0 Å². The molecule has 194 valence electrons. The lowest BCUT2D eigenvalue weighted by atomic mass is 9.88. The van der Waals surface area contributed by atoms with Gasteiger partial charge in [0.2, 0.25) is 0 Å². The minimum Gasteiger partial charge on any atom is -0.374 e. The van der Waals surface area contributed by atoms with Crippen LogP contribution in [0.4, 0.5) is 5.69 Å². The van der Waals surface area contributed by atoms with Crippen LogP contribution in [0.1, 0.15) is 32.1 Å². The van der Waals surface area contributed by atoms with Crippen molar-refractivity contribution in [2.75, 3.05) is 5.32 Å². The highest BCUT2D eigenvalue weighted by molar-refractivity contribution is 6.00. The largest absolute Gasteiger partial charge is 0.374 e. The van der Waals surface area contributed by atoms with Gasteiger partial charge in [-0.2, -0.15) is 5.10 Å². The molecule has 1 aliphatic rings. The number of aliphatic hydroxyl groups is 1. The fraction of sp³-hybridized carbons (Fsp3) is 0.233. The topological polar surface area (TPSA) is 128 Å². The minimum atomic E-state index is -0.573. The zero-order valence-corrected chi connectivity index (χ0v) is 21.3. The molecular weight excluding hydrogens is 488 g/mol. The number of aromatic amines is 2. The summed E-state index contributed by atoms with van der Waals surface area (Å²) in [6, 6.07) is 10.1. The Bertz CT molecular complexity index is 1750. The maximum absolute atomic E-state index is 10.7. The lowest BCUT2D eigenvalue weighted by Crippen LogP contribution is -2.30. The van der Waals surface area contributed by atoms with E-state index in [2.05, 4.69) is 52.6 Å². The maximum atomic E-state index is 10.7. The molecule has 39 heavy (non-hydrogen) atoms. The van der Waals surface area contributed by atoms with Crippen molar-refractivity contribution in [2.24, 2.45) is 5.92 Å². The van der Waals surface area contributed by atoms with Crippen LogP contribution in [-0.4, -0.2) is 46.5 Å². The first kappa shape index (κ1) is 23.5. The van der Waals surface area contributed by atoms with Crippen molar-refractivity contribution in [2.45, 2.75) is 38.3 Å². The molecule has 9 heteroatoms. The summed E-state index contributed by atoms with van der Waals surface area (Å²) in [6.45, 7) is 0. The third-order valence-electron chi connectivity index (χ3n) is 7.67. The number of aliphatic hydroxyl groups excluding tert-OH is 1. The second-order valence-electron chi connectivity index (χ2n) is 10.2. The first-order valence-electron chi connectivity index (χ1n) is 13.3. The van der Waals surface area contributed by atoms with E-state index in [1.165, 1.54) is 19.3 Å². The number of nitrogens with one attached hydrogen (secondary N) is 3. The van der Waals surface area contributed by atoms with Crippen LogP contribution in [0, 0.1) is 5.92 Å². The van der Waals surface area contributed by atoms with Crippen molar-refractivity contribution in [1.82, 2.24) is 35.1 Å². The van der Waals surface area contributed by atoms with Crippen molar-refractivity contribution in [3.05, 3.63) is 73.7 Å². The molecule has 0 bridgehead atoms. The SMILES string of the molecule is OC(Nc1cncc(-c2cnc3[nH]nc(-c4cc5c(-c6cccnc6)cncc5[nH]4)c3c2)c1)C1CCCCC1. The quantitative estimate of drug-likeness (QED) is 0.202. The fourth-order valence-electron chi connectivity index (χ4n) is 5.61. The summed E-state index contributed by atoms with van der Waals surface area (Å²) in [6.07, 6.45) is 17.8. The molecule has 0 saturated heterocycles. The summed E-state index contributed by atoms with van der Waals surface area (Å²) < 4.78 is 0. The van der Waals surface area contributed by atoms with Crippen molar-refractivity contribution < 1.29 is 5.11 Å². The number of nitrogens with zero attached hydrogens (tertiary/aromatic N) is 5. The van der Waals surface area contributed by atoms with Gasteiger partial charge in [-0.05, 0) is 37.1 Å². The van der Waals surface area contributed by atoms with E-state index >= 15 is 0 Å². The van der Waals surface area contributed by atoms with Crippen LogP contribution in [0.15, 0.2) is 73.7 Å². The second-order valence-corrected chi connectivity index (χ2v) is 10.2. The molecule has 1 aliphatic carbocycles. The van der Waals surface area contributed by atoms with Gasteiger partial charge >= 0.3 is 0 Å². The van der Waals surface area contributed by atoms with E-state index in [9.17, 15) is 5.11 Å². The van der Waals surface area contributed by atoms with Gasteiger partial charge in [-0.25, -0.2) is 4.98 Å². The summed E-state index contributed by atoms with van der Waals surface area (Å²) in [5.74, 6) is 0.277. The Morgan fingerprint density at radius 1 is 0.846 bits per heavy atom. The van der Waals surface area contributed by atoms with Crippen molar-refractivity contribution in [1.29, 1.82) is 0 Å². The Hall–Kier alpha value is -4.63. The molecule has 9 nitrogen and oxygen atoms in total. The zero-order chi connectivity index (χ0) is 26.2. The molecule has 0 radical (unpaired) electrons. The number of rotatable bonds is 6. The van der Waals surface area contributed by atoms with Crippen molar-refractivity contribution in [3.63, 3.8) is 0 Å². The van der Waals surface area contributed by atoms with Crippen LogP contribution >= 0.6 is 0 Å². The van der Waals surface area contributed by atoms with Gasteiger partial charge in [0.05, 0.1) is 29.3 Å². The number of aromatic nitrogens is 7. The average molecular weight is 517 g/mol. The third-order valence-corrected chi connectivity index (χ3v) is 7.67. The first-order chi connectivity index (χ1) is 19.2. The van der Waals surface area contributed by atoms with Crippen LogP contribution in [-0.2, 0) is 0 Å². The number of hydrogen-bond donors (Lipinski definition) is 4. The molecule has 0 spiro atoms. The van der Waals surface area contributed by atoms with Gasteiger partial charge in [0.25, 0.3) is 0 Å². The molecule has 7 rings (SSSR count). The molecule has 6 aromatic rings. The van der Waals surface area contributed by atoms with E-state index in [0.29, 0.717) is 5.65 Å². The molecule has 1 unspecified atom stereocenters. The molecule has 1 atom stereocenters. The van der Waals surface area contributed by atoms with Crippen LogP contribution in [0.5, 0.6) is 0 Å². The standard InChI is InChI=1S/C30H28N8O/c39-30(18-5-2-1-3-6-18)35-22-9-20(13-32-15-22)21-10-24-28(37-38-29(24)34-14-21)26-11-23-25(16-33-17-27(23)36-26)19-7-4-8-31-12-19/h4,7-18,30,35-36,39H,1-3,5-6H2,(H,34,37,38). The Morgan fingerprint density at radius 3 is 2.56 bits per heavy atom. The van der Waals surface area contributed by atoms with E-state index in [1.54, 1.807) is 12.4 Å². The van der Waals surface area contributed by atoms with Gasteiger partial charge in [-0.1, -0.05) is 25.3 Å². The van der Waals surface area contributed by atoms with Gasteiger partial charge in [-0.15, -0.1) is 0 Å². The molecule has 1 fully saturated rings. The van der Waals surface area contributed by atoms with Gasteiger partial charge in [0.1, 0.15) is 11.9 Å². The minimum absolute atomic E-state index is 0.277. The highest BCUT2D eigenvalue weighted by atomic mass is 16.3. The average Bonchev–Trinajstić information content (AvgIpc) is 3.62. The highest BCUT2D eigenvalue weighted by Crippen LogP contribution is 2.34. The van der Waals surface area contributed by atoms with Gasteiger partial charge in [0.15, 0.2) is 5.65 Å². The molecular formula is C30H28N8O. The lowest BCUT2D eigenvalue weighted by Gasteiger charge is -2.27. The summed E-state index contributed by atoms with van der Waals surface area (Å²) in [7, 11) is 0. The van der Waals surface area contributed by atoms with Crippen LogP contribution in [0.3, 0.4) is 0 Å². The number of fused-ring (bicyclic) bond motifs is 2. The van der Waals surface area contributed by atoms with Gasteiger partial charge in [0, 0.05) is 69.9 Å². The summed E-state index contributed by atoms with van der Waals surface area (Å²) in [5, 5.41) is 23.6. The molecule has 6 heterocycles. The summed E-state index contributed by atoms with van der Waals surface area (Å²) in [5.41, 5.74) is 7.92. The van der Waals surface area contributed by atoms with E-state index in [4.69, 9.17) is 0 Å². The van der Waals surface area contributed by atoms with E-state index in [0.717, 1.165) is 68.5 Å². The van der Waals surface area contributed by atoms with E-state index in [1.807, 2.05) is 49.2 Å². The Labute approximate surface area is 224 Å². The predicted octanol–water partition coefficient (Wildman–Crippen LogP) is 5.94. The van der Waals surface area contributed by atoms with Crippen molar-refractivity contribution in [3.8, 4) is 33.6 Å². The molecule has 0 aromatic carbocycles. The number of anilines is 1. The normalized spacial score (nSPS) is 15.1. The predicted molar refractivity (Wildman–Crippen MR) is 152 cm³/mol. The summed E-state index contributed by atoms with van der Waals surface area (Å²) in [4.78, 5) is 21.2. The number of hydrogen-bond acceptors (Lipinski definition) is 7. The van der Waals surface area contributed by atoms with Gasteiger partial charge in [-0.3, -0.25) is 20.1 Å². The molecule has 6 aromatic heterocycles. The Kier molecular flexibility index (Phi) is 5.97. The fourth-order valence-corrected chi connectivity index (χ4v) is 5.61. The van der Waals surface area contributed by atoms with E-state index < -0.39 is 6.23 Å². The highest BCUT2D eigenvalue weighted by Gasteiger charge is 2.22. The number of pyridine rings is 4. The zero-order valence-electron chi connectivity index (χ0n) is 21.3. The van der Waals surface area contributed by atoms with Crippen LogP contribution < -0.4 is 5.32 Å². The molecule has 0 aliphatic heterocycles. The number of H-pyrrole nitrogens is 2. The first-order valence-corrected chi connectivity index (χ1v) is 13.3. The monoisotopic (exact) mass is 516 g/mol. The second kappa shape index (κ2) is 9.92. The summed E-state index contributed by atoms with van der Waals surface area (Å²) >= 11 is 0. The molecule has 1 saturated carbocycles. The third kappa shape index (κ3) is 4.51. The smallest absolute Gasteiger partial charge is 0.155 e. The maximum Gasteiger partial charge on any atom is 0.155 e. The molecule has 4 N–H and O–H groups in total. The lowest BCUT2D eigenvalue weighted by molar-refractivity contribution is 0.109. The van der Waals surface area contributed by atoms with Crippen molar-refractivity contribution >= 4 is 27.6 Å². The van der Waals surface area contributed by atoms with E-state index in [-0.39, 0.29) is 5.92 Å².